The van der Waals surface area contributed by atoms with Crippen molar-refractivity contribution in [2.24, 2.45) is 0 Å². The Morgan fingerprint density at radius 2 is 1.80 bits per heavy atom. The largest absolute Gasteiger partial charge is 0.316 e. The molecule has 2 atom stereocenters. The van der Waals surface area contributed by atoms with Gasteiger partial charge in [-0.2, -0.15) is 0 Å². The molecule has 0 aromatic heterocycles. The standard InChI is InChI=1S/C18H20ClN/c1-13-3-2-4-15(11-13)17-9-10-20-12-18(17)14-5-7-16(19)8-6-14/h2-8,11,17-18,20H,9-10,12H2,1H3. The molecular formula is C18H20ClN. The Morgan fingerprint density at radius 1 is 1.00 bits per heavy atom. The molecule has 0 aliphatic carbocycles. The molecule has 1 aliphatic rings. The van der Waals surface area contributed by atoms with E-state index in [1.54, 1.807) is 0 Å². The highest BCUT2D eigenvalue weighted by Crippen LogP contribution is 2.37. The molecule has 1 aliphatic heterocycles. The Bertz CT molecular complexity index is 576. The normalized spacial score (nSPS) is 22.7. The van der Waals surface area contributed by atoms with E-state index in [2.05, 4.69) is 48.6 Å². The Kier molecular flexibility index (Phi) is 4.09. The summed E-state index contributed by atoms with van der Waals surface area (Å²) < 4.78 is 0. The van der Waals surface area contributed by atoms with Gasteiger partial charge >= 0.3 is 0 Å². The van der Waals surface area contributed by atoms with E-state index in [1.165, 1.54) is 23.1 Å². The van der Waals surface area contributed by atoms with Crippen LogP contribution in [0.4, 0.5) is 0 Å². The molecule has 1 nitrogen and oxygen atoms in total. The summed E-state index contributed by atoms with van der Waals surface area (Å²) in [5.41, 5.74) is 4.19. The van der Waals surface area contributed by atoms with E-state index in [0.717, 1.165) is 18.1 Å². The van der Waals surface area contributed by atoms with Crippen LogP contribution >= 0.6 is 11.6 Å². The first-order chi connectivity index (χ1) is 9.74. The van der Waals surface area contributed by atoms with Gasteiger partial charge in [0.25, 0.3) is 0 Å². The molecule has 1 heterocycles. The second-order valence-corrected chi connectivity index (χ2v) is 6.11. The summed E-state index contributed by atoms with van der Waals surface area (Å²) in [6.07, 6.45) is 1.19. The lowest BCUT2D eigenvalue weighted by Crippen LogP contribution is -2.34. The zero-order valence-corrected chi connectivity index (χ0v) is 12.5. The van der Waals surface area contributed by atoms with Gasteiger partial charge in [0, 0.05) is 17.5 Å². The molecule has 1 saturated heterocycles. The van der Waals surface area contributed by atoms with E-state index in [1.807, 2.05) is 12.1 Å². The van der Waals surface area contributed by atoms with Crippen molar-refractivity contribution >= 4 is 11.6 Å². The first kappa shape index (κ1) is 13.7. The number of halogens is 1. The Hall–Kier alpha value is -1.31. The summed E-state index contributed by atoms with van der Waals surface area (Å²) in [6.45, 7) is 4.31. The Morgan fingerprint density at radius 3 is 2.55 bits per heavy atom. The zero-order valence-electron chi connectivity index (χ0n) is 11.8. The lowest BCUT2D eigenvalue weighted by atomic mass is 9.77. The van der Waals surface area contributed by atoms with Crippen LogP contribution in [0, 0.1) is 6.92 Å². The number of piperidine rings is 1. The summed E-state index contributed by atoms with van der Waals surface area (Å²) in [4.78, 5) is 0. The Balaban J connectivity index is 1.93. The van der Waals surface area contributed by atoms with Crippen molar-refractivity contribution in [1.82, 2.24) is 5.32 Å². The van der Waals surface area contributed by atoms with Crippen LogP contribution in [0.5, 0.6) is 0 Å². The fraction of sp³-hybridized carbons (Fsp3) is 0.333. The summed E-state index contributed by atoms with van der Waals surface area (Å²) in [5, 5.41) is 4.34. The molecule has 104 valence electrons. The monoisotopic (exact) mass is 285 g/mol. The number of benzene rings is 2. The van der Waals surface area contributed by atoms with Crippen LogP contribution in [0.2, 0.25) is 5.02 Å². The van der Waals surface area contributed by atoms with Crippen LogP contribution in [0.25, 0.3) is 0 Å². The molecule has 3 rings (SSSR count). The molecule has 20 heavy (non-hydrogen) atoms. The SMILES string of the molecule is Cc1cccc(C2CCNCC2c2ccc(Cl)cc2)c1. The zero-order chi connectivity index (χ0) is 13.9. The van der Waals surface area contributed by atoms with E-state index in [9.17, 15) is 0 Å². The summed E-state index contributed by atoms with van der Waals surface area (Å²) in [6, 6.07) is 17.3. The van der Waals surface area contributed by atoms with Crippen molar-refractivity contribution in [2.45, 2.75) is 25.2 Å². The lowest BCUT2D eigenvalue weighted by molar-refractivity contribution is 0.404. The van der Waals surface area contributed by atoms with E-state index < -0.39 is 0 Å². The Labute approximate surface area is 126 Å². The molecule has 2 heteroatoms. The fourth-order valence-corrected chi connectivity index (χ4v) is 3.34. The fourth-order valence-electron chi connectivity index (χ4n) is 3.22. The van der Waals surface area contributed by atoms with Gasteiger partial charge in [0.05, 0.1) is 0 Å². The number of hydrogen-bond donors (Lipinski definition) is 1. The van der Waals surface area contributed by atoms with Crippen LogP contribution in [-0.2, 0) is 0 Å². The molecular weight excluding hydrogens is 266 g/mol. The van der Waals surface area contributed by atoms with Gasteiger partial charge in [0.15, 0.2) is 0 Å². The summed E-state index contributed by atoms with van der Waals surface area (Å²) in [5.74, 6) is 1.13. The maximum Gasteiger partial charge on any atom is 0.0406 e. The molecule has 0 spiro atoms. The third kappa shape index (κ3) is 2.89. The minimum Gasteiger partial charge on any atom is -0.316 e. The molecule has 0 amide bonds. The van der Waals surface area contributed by atoms with Gasteiger partial charge in [-0.15, -0.1) is 0 Å². The molecule has 2 unspecified atom stereocenters. The van der Waals surface area contributed by atoms with Crippen LogP contribution < -0.4 is 5.32 Å². The summed E-state index contributed by atoms with van der Waals surface area (Å²) in [7, 11) is 0. The predicted molar refractivity (Wildman–Crippen MR) is 85.6 cm³/mol. The molecule has 0 saturated carbocycles. The van der Waals surface area contributed by atoms with Gasteiger partial charge in [0.2, 0.25) is 0 Å². The van der Waals surface area contributed by atoms with Gasteiger partial charge < -0.3 is 5.32 Å². The molecule has 0 bridgehead atoms. The van der Waals surface area contributed by atoms with E-state index >= 15 is 0 Å². The van der Waals surface area contributed by atoms with E-state index in [-0.39, 0.29) is 0 Å². The third-order valence-corrected chi connectivity index (χ3v) is 4.50. The van der Waals surface area contributed by atoms with Gasteiger partial charge in [-0.3, -0.25) is 0 Å². The second kappa shape index (κ2) is 5.99. The maximum atomic E-state index is 6.01. The quantitative estimate of drug-likeness (QED) is 0.856. The highest BCUT2D eigenvalue weighted by Gasteiger charge is 2.27. The molecule has 2 aromatic carbocycles. The number of aryl methyl sites for hydroxylation is 1. The van der Waals surface area contributed by atoms with Gasteiger partial charge in [-0.25, -0.2) is 0 Å². The molecule has 2 aromatic rings. The minimum absolute atomic E-state index is 0.530. The average Bonchev–Trinajstić information content (AvgIpc) is 2.48. The van der Waals surface area contributed by atoms with Crippen LogP contribution in [0.15, 0.2) is 48.5 Å². The highest BCUT2D eigenvalue weighted by molar-refractivity contribution is 6.30. The van der Waals surface area contributed by atoms with Crippen molar-refractivity contribution in [1.29, 1.82) is 0 Å². The molecule has 0 radical (unpaired) electrons. The van der Waals surface area contributed by atoms with Crippen molar-refractivity contribution in [3.63, 3.8) is 0 Å². The van der Waals surface area contributed by atoms with Crippen molar-refractivity contribution < 1.29 is 0 Å². The number of nitrogens with one attached hydrogen (secondary N) is 1. The predicted octanol–water partition coefficient (Wildman–Crippen LogP) is 4.51. The summed E-state index contributed by atoms with van der Waals surface area (Å²) >= 11 is 6.01. The van der Waals surface area contributed by atoms with Gasteiger partial charge in [-0.05, 0) is 49.1 Å². The average molecular weight is 286 g/mol. The number of rotatable bonds is 2. The number of hydrogen-bond acceptors (Lipinski definition) is 1. The lowest BCUT2D eigenvalue weighted by Gasteiger charge is -2.33. The van der Waals surface area contributed by atoms with Crippen LogP contribution in [-0.4, -0.2) is 13.1 Å². The van der Waals surface area contributed by atoms with E-state index in [4.69, 9.17) is 11.6 Å². The first-order valence-corrected chi connectivity index (χ1v) is 7.64. The van der Waals surface area contributed by atoms with Crippen molar-refractivity contribution in [2.75, 3.05) is 13.1 Å². The second-order valence-electron chi connectivity index (χ2n) is 5.67. The molecule has 1 fully saturated rings. The van der Waals surface area contributed by atoms with Crippen molar-refractivity contribution in [3.05, 3.63) is 70.2 Å². The van der Waals surface area contributed by atoms with Crippen molar-refractivity contribution in [3.8, 4) is 0 Å². The minimum atomic E-state index is 0.530. The van der Waals surface area contributed by atoms with Gasteiger partial charge in [-0.1, -0.05) is 53.6 Å². The molecule has 1 N–H and O–H groups in total. The van der Waals surface area contributed by atoms with E-state index in [0.29, 0.717) is 11.8 Å². The highest BCUT2D eigenvalue weighted by atomic mass is 35.5. The van der Waals surface area contributed by atoms with Crippen LogP contribution in [0.3, 0.4) is 0 Å². The van der Waals surface area contributed by atoms with Crippen LogP contribution in [0.1, 0.15) is 34.9 Å². The topological polar surface area (TPSA) is 12.0 Å². The van der Waals surface area contributed by atoms with Gasteiger partial charge in [0.1, 0.15) is 0 Å². The maximum absolute atomic E-state index is 6.01. The first-order valence-electron chi connectivity index (χ1n) is 7.27. The third-order valence-electron chi connectivity index (χ3n) is 4.25. The smallest absolute Gasteiger partial charge is 0.0406 e.